The van der Waals surface area contributed by atoms with Crippen molar-refractivity contribution in [3.8, 4) is 11.5 Å². The van der Waals surface area contributed by atoms with Crippen LogP contribution in [-0.2, 0) is 14.3 Å². The van der Waals surface area contributed by atoms with Crippen molar-refractivity contribution in [3.63, 3.8) is 0 Å². The number of benzene rings is 2. The highest BCUT2D eigenvalue weighted by molar-refractivity contribution is 8.18. The quantitative estimate of drug-likeness (QED) is 0.536. The van der Waals surface area contributed by atoms with Crippen LogP contribution in [0.3, 0.4) is 0 Å². The SMILES string of the molecule is COCCN1C(=O)/C(=C/c2ccc(O[C@H](C)C(=O)[O-])c(OC)c2)SC1=Nc1ccccc1. The summed E-state index contributed by atoms with van der Waals surface area (Å²) < 4.78 is 15.8. The van der Waals surface area contributed by atoms with Crippen molar-refractivity contribution in [1.82, 2.24) is 4.90 Å². The fourth-order valence-electron chi connectivity index (χ4n) is 2.85. The Morgan fingerprint density at radius 1 is 1.19 bits per heavy atom. The van der Waals surface area contributed by atoms with Gasteiger partial charge in [-0.2, -0.15) is 0 Å². The topological polar surface area (TPSA) is 100 Å². The number of carbonyl (C=O) groups excluding carboxylic acids is 2. The monoisotopic (exact) mass is 455 g/mol. The zero-order chi connectivity index (χ0) is 23.1. The predicted molar refractivity (Wildman–Crippen MR) is 121 cm³/mol. The number of aliphatic carboxylic acids is 1. The third kappa shape index (κ3) is 5.68. The molecule has 0 aliphatic carbocycles. The number of carbonyl (C=O) groups is 2. The summed E-state index contributed by atoms with van der Waals surface area (Å²) in [6, 6.07) is 14.4. The molecule has 0 radical (unpaired) electrons. The normalized spacial score (nSPS) is 17.1. The van der Waals surface area contributed by atoms with Crippen LogP contribution >= 0.6 is 11.8 Å². The molecule has 32 heavy (non-hydrogen) atoms. The minimum atomic E-state index is -1.33. The lowest BCUT2D eigenvalue weighted by molar-refractivity contribution is -0.312. The van der Waals surface area contributed by atoms with Crippen LogP contribution in [-0.4, -0.2) is 55.4 Å². The molecule has 1 atom stereocenters. The number of para-hydroxylation sites is 1. The Hall–Kier alpha value is -3.30. The number of nitrogens with zero attached hydrogens (tertiary/aromatic N) is 2. The maximum atomic E-state index is 13.0. The van der Waals surface area contributed by atoms with Gasteiger partial charge in [-0.3, -0.25) is 9.69 Å². The highest BCUT2D eigenvalue weighted by atomic mass is 32.2. The van der Waals surface area contributed by atoms with Crippen LogP contribution in [0.1, 0.15) is 12.5 Å². The van der Waals surface area contributed by atoms with E-state index in [9.17, 15) is 14.7 Å². The molecule has 2 aromatic rings. The Morgan fingerprint density at radius 2 is 1.94 bits per heavy atom. The van der Waals surface area contributed by atoms with Gasteiger partial charge in [0.2, 0.25) is 0 Å². The molecule has 1 heterocycles. The molecule has 1 aliphatic heterocycles. The van der Waals surface area contributed by atoms with Crippen LogP contribution < -0.4 is 14.6 Å². The number of carboxylic acid groups (broad SMARTS) is 1. The fraction of sp³-hybridized carbons (Fsp3) is 0.261. The molecule has 0 aromatic heterocycles. The van der Waals surface area contributed by atoms with Crippen molar-refractivity contribution >= 4 is 40.6 Å². The van der Waals surface area contributed by atoms with Gasteiger partial charge < -0.3 is 24.1 Å². The molecule has 8 nitrogen and oxygen atoms in total. The number of hydrogen-bond acceptors (Lipinski definition) is 8. The Labute approximate surface area is 190 Å². The van der Waals surface area contributed by atoms with E-state index in [1.165, 1.54) is 25.8 Å². The van der Waals surface area contributed by atoms with E-state index >= 15 is 0 Å². The van der Waals surface area contributed by atoms with Crippen molar-refractivity contribution in [1.29, 1.82) is 0 Å². The number of hydrogen-bond donors (Lipinski definition) is 0. The second kappa shape index (κ2) is 10.8. The molecule has 3 rings (SSSR count). The first kappa shape index (κ1) is 23.4. The molecule has 168 valence electrons. The summed E-state index contributed by atoms with van der Waals surface area (Å²) in [4.78, 5) is 30.7. The Kier molecular flexibility index (Phi) is 7.91. The van der Waals surface area contributed by atoms with Crippen molar-refractivity contribution in [2.45, 2.75) is 13.0 Å². The number of aliphatic imine (C=N–C) groups is 1. The van der Waals surface area contributed by atoms with Gasteiger partial charge in [-0.1, -0.05) is 24.3 Å². The van der Waals surface area contributed by atoms with E-state index in [1.807, 2.05) is 30.3 Å². The van der Waals surface area contributed by atoms with E-state index < -0.39 is 12.1 Å². The molecule has 0 N–H and O–H groups in total. The zero-order valence-electron chi connectivity index (χ0n) is 17.9. The number of rotatable bonds is 9. The Balaban J connectivity index is 1.89. The largest absolute Gasteiger partial charge is 0.546 e. The summed E-state index contributed by atoms with van der Waals surface area (Å²) >= 11 is 1.27. The average Bonchev–Trinajstić information content (AvgIpc) is 3.07. The lowest BCUT2D eigenvalue weighted by atomic mass is 10.2. The van der Waals surface area contributed by atoms with E-state index in [1.54, 1.807) is 36.3 Å². The smallest absolute Gasteiger partial charge is 0.266 e. The summed E-state index contributed by atoms with van der Waals surface area (Å²) in [7, 11) is 3.03. The van der Waals surface area contributed by atoms with E-state index in [2.05, 4.69) is 4.99 Å². The maximum absolute atomic E-state index is 13.0. The van der Waals surface area contributed by atoms with E-state index in [4.69, 9.17) is 14.2 Å². The maximum Gasteiger partial charge on any atom is 0.266 e. The summed E-state index contributed by atoms with van der Waals surface area (Å²) in [5.41, 5.74) is 1.44. The summed E-state index contributed by atoms with van der Waals surface area (Å²) in [5, 5.41) is 11.5. The Morgan fingerprint density at radius 3 is 2.59 bits per heavy atom. The van der Waals surface area contributed by atoms with Crippen molar-refractivity contribution in [2.75, 3.05) is 27.4 Å². The lowest BCUT2D eigenvalue weighted by Gasteiger charge is -2.17. The van der Waals surface area contributed by atoms with E-state index in [0.717, 1.165) is 5.69 Å². The van der Waals surface area contributed by atoms with Crippen molar-refractivity contribution in [3.05, 3.63) is 59.0 Å². The van der Waals surface area contributed by atoms with Gasteiger partial charge in [-0.05, 0) is 54.6 Å². The van der Waals surface area contributed by atoms with E-state index in [-0.39, 0.29) is 11.7 Å². The van der Waals surface area contributed by atoms with Crippen molar-refractivity contribution < 1.29 is 28.9 Å². The van der Waals surface area contributed by atoms with Gasteiger partial charge in [0.1, 0.15) is 6.10 Å². The molecule has 1 amide bonds. The minimum absolute atomic E-state index is 0.174. The number of amides is 1. The molecule has 2 aromatic carbocycles. The molecule has 0 saturated carbocycles. The first-order valence-corrected chi connectivity index (χ1v) is 10.6. The first-order valence-electron chi connectivity index (χ1n) is 9.82. The van der Waals surface area contributed by atoms with Gasteiger partial charge in [0, 0.05) is 7.11 Å². The van der Waals surface area contributed by atoms with Gasteiger partial charge in [0.15, 0.2) is 16.7 Å². The molecule has 1 fully saturated rings. The summed E-state index contributed by atoms with van der Waals surface area (Å²) in [6.45, 7) is 2.13. The number of amidine groups is 1. The zero-order valence-corrected chi connectivity index (χ0v) is 18.8. The molecular formula is C23H23N2O6S-. The van der Waals surface area contributed by atoms with Gasteiger partial charge in [-0.25, -0.2) is 4.99 Å². The average molecular weight is 456 g/mol. The third-order valence-corrected chi connectivity index (χ3v) is 5.52. The van der Waals surface area contributed by atoms with Gasteiger partial charge in [0.25, 0.3) is 5.91 Å². The molecule has 0 spiro atoms. The van der Waals surface area contributed by atoms with Gasteiger partial charge in [0.05, 0.1) is 36.8 Å². The van der Waals surface area contributed by atoms with Crippen LogP contribution in [0.25, 0.3) is 6.08 Å². The molecular weight excluding hydrogens is 432 g/mol. The first-order chi connectivity index (χ1) is 15.4. The number of ether oxygens (including phenoxy) is 3. The van der Waals surface area contributed by atoms with Gasteiger partial charge in [-0.15, -0.1) is 0 Å². The molecule has 0 unspecified atom stereocenters. The minimum Gasteiger partial charge on any atom is -0.546 e. The molecule has 1 aliphatic rings. The van der Waals surface area contributed by atoms with Crippen LogP contribution in [0.15, 0.2) is 58.4 Å². The third-order valence-electron chi connectivity index (χ3n) is 4.51. The summed E-state index contributed by atoms with van der Waals surface area (Å²) in [5.74, 6) is -0.888. The van der Waals surface area contributed by atoms with Crippen LogP contribution in [0.5, 0.6) is 11.5 Å². The highest BCUT2D eigenvalue weighted by Crippen LogP contribution is 2.36. The summed E-state index contributed by atoms with van der Waals surface area (Å²) in [6.07, 6.45) is 0.598. The Bertz CT molecular complexity index is 1040. The van der Waals surface area contributed by atoms with E-state index in [0.29, 0.717) is 34.5 Å². The molecule has 9 heteroatoms. The molecule has 0 bridgehead atoms. The second-order valence-electron chi connectivity index (χ2n) is 6.78. The predicted octanol–water partition coefficient (Wildman–Crippen LogP) is 2.46. The second-order valence-corrected chi connectivity index (χ2v) is 7.79. The standard InChI is InChI=1S/C23H24N2O6S/c1-15(22(27)28)31-18-10-9-16(13-19(18)30-3)14-20-21(26)25(11-12-29-2)23(32-20)24-17-7-5-4-6-8-17/h4-10,13-15H,11-12H2,1-3H3,(H,27,28)/p-1/b20-14-,24-23?/t15-/m1/s1. The number of carboxylic acids is 1. The van der Waals surface area contributed by atoms with Crippen LogP contribution in [0, 0.1) is 0 Å². The van der Waals surface area contributed by atoms with Crippen LogP contribution in [0.4, 0.5) is 5.69 Å². The highest BCUT2D eigenvalue weighted by Gasteiger charge is 2.33. The van der Waals surface area contributed by atoms with Crippen LogP contribution in [0.2, 0.25) is 0 Å². The molecule has 1 saturated heterocycles. The lowest BCUT2D eigenvalue weighted by Crippen LogP contribution is -2.37. The number of methoxy groups -OCH3 is 2. The van der Waals surface area contributed by atoms with Gasteiger partial charge >= 0.3 is 0 Å². The van der Waals surface area contributed by atoms with Crippen molar-refractivity contribution in [2.24, 2.45) is 4.99 Å². The fourth-order valence-corrected chi connectivity index (χ4v) is 3.87. The number of thioether (sulfide) groups is 1.